The minimum Gasteiger partial charge on any atom is -0.455 e. The molecule has 3 fully saturated rings. The van der Waals surface area contributed by atoms with Crippen LogP contribution in [-0.2, 0) is 35.1 Å². The van der Waals surface area contributed by atoms with Gasteiger partial charge in [0.1, 0.15) is 17.7 Å². The van der Waals surface area contributed by atoms with E-state index in [4.69, 9.17) is 9.47 Å². The number of carbonyl (C=O) groups excluding carboxylic acids is 4. The second-order valence-electron chi connectivity index (χ2n) is 17.5. The summed E-state index contributed by atoms with van der Waals surface area (Å²) >= 11 is 0. The molecule has 10 nitrogen and oxygen atoms in total. The molecule has 55 heavy (non-hydrogen) atoms. The van der Waals surface area contributed by atoms with Crippen LogP contribution in [0.15, 0.2) is 86.0 Å². The molecule has 0 aromatic heterocycles. The third-order valence-electron chi connectivity index (χ3n) is 11.8. The highest BCUT2D eigenvalue weighted by Gasteiger charge is 2.76. The van der Waals surface area contributed by atoms with E-state index in [9.17, 15) is 14.7 Å². The summed E-state index contributed by atoms with van der Waals surface area (Å²) in [4.78, 5) is 63.2. The highest BCUT2D eigenvalue weighted by atomic mass is 16.6. The Morgan fingerprint density at radius 2 is 1.67 bits per heavy atom. The molecule has 3 aliphatic rings. The summed E-state index contributed by atoms with van der Waals surface area (Å²) in [5.41, 5.74) is -0.454. The third-order valence-corrected chi connectivity index (χ3v) is 11.8. The van der Waals surface area contributed by atoms with Crippen molar-refractivity contribution in [3.8, 4) is 0 Å². The van der Waals surface area contributed by atoms with Crippen LogP contribution in [0, 0.1) is 17.3 Å². The molecule has 2 aromatic rings. The van der Waals surface area contributed by atoms with Gasteiger partial charge in [-0.3, -0.25) is 19.2 Å². The number of likely N-dealkylation sites (N-methyl/N-ethyl adjacent to an activating group) is 1. The number of likely N-dealkylation sites (tertiary alicyclic amines) is 1. The number of hydrogen-bond acceptors (Lipinski definition) is 7. The van der Waals surface area contributed by atoms with Gasteiger partial charge in [-0.2, -0.15) is 0 Å². The second kappa shape index (κ2) is 16.8. The molecule has 0 saturated carbocycles. The van der Waals surface area contributed by atoms with Crippen LogP contribution in [-0.4, -0.2) is 99.1 Å². The van der Waals surface area contributed by atoms with Crippen molar-refractivity contribution in [1.82, 2.24) is 14.7 Å². The summed E-state index contributed by atoms with van der Waals surface area (Å²) < 4.78 is 13.2. The van der Waals surface area contributed by atoms with Gasteiger partial charge in [0, 0.05) is 25.6 Å². The standard InChI is InChI=1S/C45H61N3O7/c1-10-12-23-35(50)46(9)30(3)38(32-21-17-14-18-22-32)54-42(53)36-34-24-25-45(55-34)37(36)40(51)48(33(28-49)27-31-19-15-13-16-20-31)39(45)41(52)47(26-11-2)44(7,8)29-43(4,5)6/h10-11,13-22,30,33-34,36-39,49H,1-2,12,23-29H2,3-9H3/t30-,33+,34+,36-,37-,38+,39+,45-/m0/s1. The number of hydrogen-bond donors (Lipinski definition) is 1. The van der Waals surface area contributed by atoms with Crippen LogP contribution < -0.4 is 0 Å². The molecule has 1 N–H and O–H groups in total. The van der Waals surface area contributed by atoms with Gasteiger partial charge < -0.3 is 29.3 Å². The number of aliphatic hydroxyl groups is 1. The maximum atomic E-state index is 15.3. The number of fused-ring (bicyclic) bond motifs is 1. The van der Waals surface area contributed by atoms with Crippen molar-refractivity contribution < 1.29 is 33.8 Å². The smallest absolute Gasteiger partial charge is 0.313 e. The summed E-state index contributed by atoms with van der Waals surface area (Å²) in [5, 5.41) is 11.0. The van der Waals surface area contributed by atoms with Crippen LogP contribution in [0.4, 0.5) is 0 Å². The first-order valence-electron chi connectivity index (χ1n) is 19.7. The fourth-order valence-electron chi connectivity index (χ4n) is 9.60. The van der Waals surface area contributed by atoms with Gasteiger partial charge in [0.15, 0.2) is 0 Å². The van der Waals surface area contributed by atoms with Gasteiger partial charge in [-0.15, -0.1) is 13.2 Å². The largest absolute Gasteiger partial charge is 0.455 e. The molecule has 3 amide bonds. The fraction of sp³-hybridized carbons (Fsp3) is 0.556. The molecular weight excluding hydrogens is 695 g/mol. The Labute approximate surface area is 327 Å². The Morgan fingerprint density at radius 3 is 2.25 bits per heavy atom. The first-order valence-corrected chi connectivity index (χ1v) is 19.7. The Bertz CT molecular complexity index is 1710. The van der Waals surface area contributed by atoms with Gasteiger partial charge in [-0.25, -0.2) is 0 Å². The molecule has 2 bridgehead atoms. The van der Waals surface area contributed by atoms with E-state index in [0.717, 1.165) is 5.56 Å². The summed E-state index contributed by atoms with van der Waals surface area (Å²) in [5.74, 6) is -3.40. The summed E-state index contributed by atoms with van der Waals surface area (Å²) in [6.45, 7) is 19.8. The lowest BCUT2D eigenvalue weighted by atomic mass is 9.70. The number of amides is 3. The molecular formula is C45H61N3O7. The van der Waals surface area contributed by atoms with Gasteiger partial charge >= 0.3 is 5.97 Å². The molecule has 3 aliphatic heterocycles. The number of benzene rings is 2. The Morgan fingerprint density at radius 1 is 1.04 bits per heavy atom. The Hall–Kier alpha value is -4.28. The van der Waals surface area contributed by atoms with Gasteiger partial charge in [0.05, 0.1) is 36.6 Å². The normalized spacial score (nSPS) is 24.8. The minimum absolute atomic E-state index is 0.110. The van der Waals surface area contributed by atoms with Crippen LogP contribution in [0.5, 0.6) is 0 Å². The number of rotatable bonds is 17. The van der Waals surface area contributed by atoms with Gasteiger partial charge in [-0.1, -0.05) is 93.6 Å². The SMILES string of the molecule is C=CCCC(=O)N(C)[C@@H](C)[C@@H](OC(=O)[C@@H]1[C@H]2C(=O)N([C@@H](CO)Cc3ccccc3)[C@H](C(=O)N(CC=C)C(C)(C)CC(C)(C)C)[C@]23CC[C@H]1O3)c1ccccc1. The van der Waals surface area contributed by atoms with Crippen LogP contribution >= 0.6 is 0 Å². The van der Waals surface area contributed by atoms with E-state index in [2.05, 4.69) is 33.9 Å². The average molecular weight is 756 g/mol. The molecule has 298 valence electrons. The van der Waals surface area contributed by atoms with Gasteiger partial charge in [-0.05, 0) is 69.4 Å². The summed E-state index contributed by atoms with van der Waals surface area (Å²) in [7, 11) is 1.70. The van der Waals surface area contributed by atoms with Crippen molar-refractivity contribution in [2.24, 2.45) is 17.3 Å². The highest BCUT2D eigenvalue weighted by Crippen LogP contribution is 2.60. The number of ether oxygens (including phenoxy) is 2. The Kier molecular flexibility index (Phi) is 12.8. The van der Waals surface area contributed by atoms with Crippen LogP contribution in [0.25, 0.3) is 0 Å². The first-order chi connectivity index (χ1) is 26.0. The van der Waals surface area contributed by atoms with Crippen LogP contribution in [0.2, 0.25) is 0 Å². The van der Waals surface area contributed by atoms with E-state index < -0.39 is 71.8 Å². The zero-order valence-corrected chi connectivity index (χ0v) is 33.8. The Balaban J connectivity index is 1.56. The molecule has 3 saturated heterocycles. The molecule has 8 atom stereocenters. The fourth-order valence-corrected chi connectivity index (χ4v) is 9.60. The molecule has 2 aromatic carbocycles. The minimum atomic E-state index is -1.31. The quantitative estimate of drug-likeness (QED) is 0.149. The lowest BCUT2D eigenvalue weighted by Crippen LogP contribution is -2.62. The maximum absolute atomic E-state index is 15.3. The van der Waals surface area contributed by atoms with E-state index in [0.29, 0.717) is 37.7 Å². The topological polar surface area (TPSA) is 117 Å². The van der Waals surface area contributed by atoms with E-state index in [1.165, 1.54) is 4.90 Å². The van der Waals surface area contributed by atoms with E-state index in [1.54, 1.807) is 29.0 Å². The van der Waals surface area contributed by atoms with Gasteiger partial charge in [0.25, 0.3) is 0 Å². The van der Waals surface area contributed by atoms with E-state index in [-0.39, 0.29) is 30.2 Å². The highest BCUT2D eigenvalue weighted by molar-refractivity contribution is 5.98. The lowest BCUT2D eigenvalue weighted by molar-refractivity contribution is -0.165. The van der Waals surface area contributed by atoms with Crippen molar-refractivity contribution >= 4 is 23.7 Å². The van der Waals surface area contributed by atoms with Crippen LogP contribution in [0.3, 0.4) is 0 Å². The van der Waals surface area contributed by atoms with Crippen LogP contribution in [0.1, 0.15) is 90.9 Å². The number of esters is 1. The molecule has 3 heterocycles. The van der Waals surface area contributed by atoms with Crippen molar-refractivity contribution in [3.63, 3.8) is 0 Å². The maximum Gasteiger partial charge on any atom is 0.313 e. The molecule has 5 rings (SSSR count). The number of allylic oxidation sites excluding steroid dienone is 1. The number of aliphatic hydroxyl groups excluding tert-OH is 1. The third kappa shape index (κ3) is 8.46. The molecule has 0 aliphatic carbocycles. The predicted molar refractivity (Wildman–Crippen MR) is 212 cm³/mol. The van der Waals surface area contributed by atoms with E-state index in [1.807, 2.05) is 81.4 Å². The van der Waals surface area contributed by atoms with Gasteiger partial charge in [0.2, 0.25) is 17.7 Å². The molecule has 1 spiro atoms. The van der Waals surface area contributed by atoms with E-state index >= 15 is 9.59 Å². The lowest BCUT2D eigenvalue weighted by Gasteiger charge is -2.46. The zero-order valence-electron chi connectivity index (χ0n) is 33.8. The summed E-state index contributed by atoms with van der Waals surface area (Å²) in [6.07, 6.45) is 4.54. The summed E-state index contributed by atoms with van der Waals surface area (Å²) in [6, 6.07) is 16.5. The molecule has 0 unspecified atom stereocenters. The number of nitrogens with zero attached hydrogens (tertiary/aromatic N) is 3. The van der Waals surface area contributed by atoms with Crippen molar-refractivity contribution in [3.05, 3.63) is 97.1 Å². The molecule has 10 heteroatoms. The average Bonchev–Trinajstić information content (AvgIpc) is 3.80. The zero-order chi connectivity index (χ0) is 40.3. The van der Waals surface area contributed by atoms with Crippen molar-refractivity contribution in [2.75, 3.05) is 20.2 Å². The monoisotopic (exact) mass is 755 g/mol. The van der Waals surface area contributed by atoms with Crippen molar-refractivity contribution in [1.29, 1.82) is 0 Å². The predicted octanol–water partition coefficient (Wildman–Crippen LogP) is 6.29. The first kappa shape index (κ1) is 41.9. The van der Waals surface area contributed by atoms with Crippen molar-refractivity contribution in [2.45, 2.75) is 122 Å². The number of carbonyl (C=O) groups is 4. The molecule has 0 radical (unpaired) electrons. The second-order valence-corrected chi connectivity index (χ2v) is 17.5.